The molecule has 0 radical (unpaired) electrons. The van der Waals surface area contributed by atoms with Crippen LogP contribution in [0.5, 0.6) is 5.75 Å². The SMILES string of the molecule is COCCOc1cccc(NC(=O)N2CCN(c3ccccc3C)CC2C)c1. The number of methoxy groups -OCH3 is 1. The van der Waals surface area contributed by atoms with Gasteiger partial charge in [-0.2, -0.15) is 0 Å². The quantitative estimate of drug-likeness (QED) is 0.772. The van der Waals surface area contributed by atoms with Gasteiger partial charge in [-0.1, -0.05) is 24.3 Å². The summed E-state index contributed by atoms with van der Waals surface area (Å²) in [5, 5.41) is 3.00. The van der Waals surface area contributed by atoms with Crippen LogP contribution < -0.4 is 15.0 Å². The van der Waals surface area contributed by atoms with Crippen molar-refractivity contribution in [1.82, 2.24) is 4.90 Å². The maximum atomic E-state index is 12.8. The number of nitrogens with one attached hydrogen (secondary N) is 1. The van der Waals surface area contributed by atoms with Crippen molar-refractivity contribution in [1.29, 1.82) is 0 Å². The number of hydrogen-bond acceptors (Lipinski definition) is 4. The number of para-hydroxylation sites is 1. The van der Waals surface area contributed by atoms with E-state index in [4.69, 9.17) is 9.47 Å². The van der Waals surface area contributed by atoms with E-state index in [1.807, 2.05) is 29.2 Å². The second kappa shape index (κ2) is 9.46. The average molecular weight is 383 g/mol. The lowest BCUT2D eigenvalue weighted by Crippen LogP contribution is -2.55. The number of ether oxygens (including phenoxy) is 2. The van der Waals surface area contributed by atoms with Gasteiger partial charge in [-0.05, 0) is 37.6 Å². The summed E-state index contributed by atoms with van der Waals surface area (Å²) in [7, 11) is 1.64. The zero-order valence-electron chi connectivity index (χ0n) is 16.9. The van der Waals surface area contributed by atoms with Gasteiger partial charge in [0.15, 0.2) is 0 Å². The van der Waals surface area contributed by atoms with Gasteiger partial charge in [0.1, 0.15) is 12.4 Å². The van der Waals surface area contributed by atoms with E-state index in [2.05, 4.69) is 48.3 Å². The molecule has 3 rings (SSSR count). The van der Waals surface area contributed by atoms with Crippen LogP contribution in [-0.4, -0.2) is 56.9 Å². The third-order valence-corrected chi connectivity index (χ3v) is 4.99. The summed E-state index contributed by atoms with van der Waals surface area (Å²) in [5.41, 5.74) is 3.24. The number of anilines is 2. The number of hydrogen-bond donors (Lipinski definition) is 1. The minimum absolute atomic E-state index is 0.0778. The van der Waals surface area contributed by atoms with Crippen LogP contribution in [0.15, 0.2) is 48.5 Å². The Balaban J connectivity index is 1.58. The Morgan fingerprint density at radius 2 is 1.96 bits per heavy atom. The summed E-state index contributed by atoms with van der Waals surface area (Å²) in [5.74, 6) is 0.715. The fourth-order valence-electron chi connectivity index (χ4n) is 3.50. The van der Waals surface area contributed by atoms with E-state index in [1.54, 1.807) is 7.11 Å². The third kappa shape index (κ3) is 4.95. The van der Waals surface area contributed by atoms with Crippen molar-refractivity contribution in [3.05, 3.63) is 54.1 Å². The molecule has 150 valence electrons. The Labute approximate surface area is 167 Å². The lowest BCUT2D eigenvalue weighted by molar-refractivity contribution is 0.146. The molecule has 1 atom stereocenters. The van der Waals surface area contributed by atoms with Crippen LogP contribution in [-0.2, 0) is 4.74 Å². The third-order valence-electron chi connectivity index (χ3n) is 4.99. The molecule has 1 fully saturated rings. The van der Waals surface area contributed by atoms with Crippen molar-refractivity contribution in [3.63, 3.8) is 0 Å². The molecule has 0 saturated carbocycles. The molecule has 1 heterocycles. The summed E-state index contributed by atoms with van der Waals surface area (Å²) >= 11 is 0. The molecule has 1 aliphatic heterocycles. The van der Waals surface area contributed by atoms with Gasteiger partial charge in [0.05, 0.1) is 6.61 Å². The van der Waals surface area contributed by atoms with E-state index in [0.717, 1.165) is 18.8 Å². The lowest BCUT2D eigenvalue weighted by Gasteiger charge is -2.41. The Hall–Kier alpha value is -2.73. The second-order valence-electron chi connectivity index (χ2n) is 7.07. The largest absolute Gasteiger partial charge is 0.491 e. The number of carbonyl (C=O) groups excluding carboxylic acids is 1. The van der Waals surface area contributed by atoms with Crippen molar-refractivity contribution in [2.75, 3.05) is 50.2 Å². The van der Waals surface area contributed by atoms with Gasteiger partial charge >= 0.3 is 6.03 Å². The Bertz CT molecular complexity index is 796. The topological polar surface area (TPSA) is 54.0 Å². The van der Waals surface area contributed by atoms with Gasteiger partial charge in [-0.25, -0.2) is 4.79 Å². The summed E-state index contributed by atoms with van der Waals surface area (Å²) in [4.78, 5) is 17.0. The predicted molar refractivity (Wildman–Crippen MR) is 112 cm³/mol. The molecule has 2 amide bonds. The Morgan fingerprint density at radius 3 is 2.71 bits per heavy atom. The van der Waals surface area contributed by atoms with Crippen LogP contribution >= 0.6 is 0 Å². The number of carbonyl (C=O) groups is 1. The summed E-state index contributed by atoms with van der Waals surface area (Å²) in [6.45, 7) is 7.55. The van der Waals surface area contributed by atoms with E-state index in [9.17, 15) is 4.79 Å². The van der Waals surface area contributed by atoms with Crippen LogP contribution in [0.2, 0.25) is 0 Å². The Kier molecular flexibility index (Phi) is 6.76. The summed E-state index contributed by atoms with van der Waals surface area (Å²) in [6.07, 6.45) is 0. The van der Waals surface area contributed by atoms with Gasteiger partial charge < -0.3 is 24.6 Å². The van der Waals surface area contributed by atoms with Crippen LogP contribution in [0.3, 0.4) is 0 Å². The second-order valence-corrected chi connectivity index (χ2v) is 7.07. The minimum Gasteiger partial charge on any atom is -0.491 e. The Morgan fingerprint density at radius 1 is 1.14 bits per heavy atom. The number of benzene rings is 2. The molecule has 28 heavy (non-hydrogen) atoms. The molecule has 0 bridgehead atoms. The van der Waals surface area contributed by atoms with E-state index in [-0.39, 0.29) is 12.1 Å². The predicted octanol–water partition coefficient (Wildman–Crippen LogP) is 3.76. The highest BCUT2D eigenvalue weighted by Crippen LogP contribution is 2.24. The molecule has 0 aromatic heterocycles. The lowest BCUT2D eigenvalue weighted by atomic mass is 10.1. The molecule has 6 nitrogen and oxygen atoms in total. The molecular formula is C22H29N3O3. The zero-order valence-corrected chi connectivity index (χ0v) is 16.9. The maximum absolute atomic E-state index is 12.8. The molecule has 2 aromatic rings. The first kappa shape index (κ1) is 20.0. The van der Waals surface area contributed by atoms with Crippen LogP contribution in [0.1, 0.15) is 12.5 Å². The van der Waals surface area contributed by atoms with Crippen molar-refractivity contribution in [3.8, 4) is 5.75 Å². The molecule has 1 aliphatic rings. The minimum atomic E-state index is -0.0778. The van der Waals surface area contributed by atoms with Gasteiger partial charge in [0, 0.05) is 50.2 Å². The average Bonchev–Trinajstić information content (AvgIpc) is 2.69. The van der Waals surface area contributed by atoms with E-state index in [0.29, 0.717) is 25.5 Å². The molecule has 1 N–H and O–H groups in total. The molecule has 6 heteroatoms. The molecule has 0 aliphatic carbocycles. The fraction of sp³-hybridized carbons (Fsp3) is 0.409. The number of amides is 2. The smallest absolute Gasteiger partial charge is 0.322 e. The first-order valence-electron chi connectivity index (χ1n) is 9.68. The monoisotopic (exact) mass is 383 g/mol. The normalized spacial score (nSPS) is 16.8. The number of aryl methyl sites for hydroxylation is 1. The fourth-order valence-corrected chi connectivity index (χ4v) is 3.50. The van der Waals surface area contributed by atoms with Crippen LogP contribution in [0.25, 0.3) is 0 Å². The highest BCUT2D eigenvalue weighted by Gasteiger charge is 2.28. The van der Waals surface area contributed by atoms with Crippen LogP contribution in [0, 0.1) is 6.92 Å². The molecular weight excluding hydrogens is 354 g/mol. The number of rotatable bonds is 6. The molecule has 1 unspecified atom stereocenters. The van der Waals surface area contributed by atoms with Gasteiger partial charge in [0.2, 0.25) is 0 Å². The van der Waals surface area contributed by atoms with Gasteiger partial charge in [0.25, 0.3) is 0 Å². The maximum Gasteiger partial charge on any atom is 0.322 e. The summed E-state index contributed by atoms with van der Waals surface area (Å²) in [6, 6.07) is 15.9. The van der Waals surface area contributed by atoms with E-state index in [1.165, 1.54) is 11.3 Å². The zero-order chi connectivity index (χ0) is 19.9. The van der Waals surface area contributed by atoms with Gasteiger partial charge in [-0.15, -0.1) is 0 Å². The number of urea groups is 1. The van der Waals surface area contributed by atoms with E-state index >= 15 is 0 Å². The van der Waals surface area contributed by atoms with Crippen molar-refractivity contribution >= 4 is 17.4 Å². The van der Waals surface area contributed by atoms with Crippen molar-refractivity contribution < 1.29 is 14.3 Å². The first-order chi connectivity index (χ1) is 13.6. The van der Waals surface area contributed by atoms with Gasteiger partial charge in [-0.3, -0.25) is 0 Å². The number of nitrogens with zero attached hydrogens (tertiary/aromatic N) is 2. The number of piperazine rings is 1. The van der Waals surface area contributed by atoms with Crippen LogP contribution in [0.4, 0.5) is 16.2 Å². The van der Waals surface area contributed by atoms with Crippen molar-refractivity contribution in [2.24, 2.45) is 0 Å². The standard InChI is InChI=1S/C22H29N3O3/c1-17-7-4-5-10-21(17)24-11-12-25(18(2)16-24)22(26)23-19-8-6-9-20(15-19)28-14-13-27-3/h4-10,15,18H,11-14,16H2,1-3H3,(H,23,26). The molecule has 0 spiro atoms. The van der Waals surface area contributed by atoms with Crippen molar-refractivity contribution in [2.45, 2.75) is 19.9 Å². The summed E-state index contributed by atoms with van der Waals surface area (Å²) < 4.78 is 10.6. The highest BCUT2D eigenvalue weighted by atomic mass is 16.5. The van der Waals surface area contributed by atoms with E-state index < -0.39 is 0 Å². The highest BCUT2D eigenvalue weighted by molar-refractivity contribution is 5.90. The molecule has 2 aromatic carbocycles. The first-order valence-corrected chi connectivity index (χ1v) is 9.68. The molecule has 1 saturated heterocycles.